The van der Waals surface area contributed by atoms with Crippen LogP contribution in [0.2, 0.25) is 0 Å². The average Bonchev–Trinajstić information content (AvgIpc) is 3.29. The molecule has 0 aliphatic heterocycles. The predicted octanol–water partition coefficient (Wildman–Crippen LogP) is 17.1. The first-order valence-corrected chi connectivity index (χ1v) is 29.8. The van der Waals surface area contributed by atoms with Crippen LogP contribution in [0, 0.1) is 0 Å². The summed E-state index contributed by atoms with van der Waals surface area (Å²) in [7, 11) is -4.34. The monoisotopic (exact) mass is 927 g/mol. The van der Waals surface area contributed by atoms with Crippen molar-refractivity contribution in [1.29, 1.82) is 0 Å². The van der Waals surface area contributed by atoms with E-state index in [4.69, 9.17) is 14.8 Å². The van der Waals surface area contributed by atoms with E-state index < -0.39 is 20.0 Å². The largest absolute Gasteiger partial charge is 0.472 e. The van der Waals surface area contributed by atoms with Gasteiger partial charge in [0, 0.05) is 13.0 Å². The lowest BCUT2D eigenvalue weighted by molar-refractivity contribution is -0.123. The molecule has 9 heteroatoms. The third-order valence-corrected chi connectivity index (χ3v) is 14.1. The van der Waals surface area contributed by atoms with Crippen molar-refractivity contribution in [2.45, 2.75) is 315 Å². The summed E-state index contributed by atoms with van der Waals surface area (Å²) in [5.74, 6) is -0.187. The van der Waals surface area contributed by atoms with Crippen molar-refractivity contribution in [2.24, 2.45) is 5.73 Å². The number of carbonyl (C=O) groups excluding carboxylic acids is 1. The van der Waals surface area contributed by atoms with Crippen LogP contribution in [0.4, 0.5) is 0 Å². The zero-order valence-electron chi connectivity index (χ0n) is 42.8. The number of allylic oxidation sites excluding steroid dienone is 1. The number of aliphatic hydroxyl groups excluding tert-OH is 1. The number of carbonyl (C=O) groups is 1. The van der Waals surface area contributed by atoms with E-state index in [0.29, 0.717) is 6.42 Å². The number of amides is 1. The Balaban J connectivity index is 3.81. The molecule has 0 saturated heterocycles. The first-order chi connectivity index (χ1) is 31.4. The Bertz CT molecular complexity index is 1020. The Morgan fingerprint density at radius 3 is 1.11 bits per heavy atom. The highest BCUT2D eigenvalue weighted by Gasteiger charge is 2.27. The summed E-state index contributed by atoms with van der Waals surface area (Å²) in [6, 6.07) is -0.855. The maximum Gasteiger partial charge on any atom is 0.472 e. The molecule has 0 fully saturated rings. The van der Waals surface area contributed by atoms with E-state index in [-0.39, 0.29) is 25.7 Å². The van der Waals surface area contributed by atoms with Crippen molar-refractivity contribution in [3.63, 3.8) is 0 Å². The summed E-state index contributed by atoms with van der Waals surface area (Å²) in [6.07, 6.45) is 61.7. The molecule has 0 aliphatic rings. The summed E-state index contributed by atoms with van der Waals surface area (Å²) >= 11 is 0. The molecule has 0 heterocycles. The molecule has 0 aromatic rings. The Labute approximate surface area is 398 Å². The summed E-state index contributed by atoms with van der Waals surface area (Å²) in [4.78, 5) is 22.8. The van der Waals surface area contributed by atoms with Crippen LogP contribution in [0.3, 0.4) is 0 Å². The van der Waals surface area contributed by atoms with Gasteiger partial charge < -0.3 is 21.1 Å². The zero-order valence-corrected chi connectivity index (χ0v) is 43.7. The normalized spacial score (nSPS) is 13.8. The lowest BCUT2D eigenvalue weighted by Crippen LogP contribution is -2.45. The van der Waals surface area contributed by atoms with Gasteiger partial charge in [0.2, 0.25) is 5.91 Å². The van der Waals surface area contributed by atoms with E-state index in [1.807, 2.05) is 6.08 Å². The fourth-order valence-electron chi connectivity index (χ4n) is 8.84. The molecule has 0 aliphatic carbocycles. The quantitative estimate of drug-likeness (QED) is 0.0271. The van der Waals surface area contributed by atoms with Crippen LogP contribution in [0.5, 0.6) is 0 Å². The highest BCUT2D eigenvalue weighted by Crippen LogP contribution is 2.43. The second-order valence-electron chi connectivity index (χ2n) is 19.5. The third kappa shape index (κ3) is 49.2. The number of phosphoric acid groups is 1. The number of aliphatic hydroxyl groups is 1. The van der Waals surface area contributed by atoms with Gasteiger partial charge in [-0.1, -0.05) is 289 Å². The van der Waals surface area contributed by atoms with Gasteiger partial charge in [0.05, 0.1) is 25.4 Å². The Morgan fingerprint density at radius 2 is 0.797 bits per heavy atom. The molecule has 1 unspecified atom stereocenters. The number of phosphoric ester groups is 1. The first-order valence-electron chi connectivity index (χ1n) is 28.3. The predicted molar refractivity (Wildman–Crippen MR) is 277 cm³/mol. The van der Waals surface area contributed by atoms with Gasteiger partial charge in [-0.05, 0) is 19.3 Å². The molecule has 5 N–H and O–H groups in total. The molecule has 8 nitrogen and oxygen atoms in total. The molecule has 0 spiro atoms. The van der Waals surface area contributed by atoms with Gasteiger partial charge in [-0.3, -0.25) is 13.8 Å². The van der Waals surface area contributed by atoms with Crippen LogP contribution in [0.1, 0.15) is 303 Å². The molecule has 0 rings (SSSR count). The van der Waals surface area contributed by atoms with Crippen LogP contribution in [-0.4, -0.2) is 47.8 Å². The lowest BCUT2D eigenvalue weighted by atomic mass is 10.0. The fraction of sp³-hybridized carbons (Fsp3) is 0.945. The minimum absolute atomic E-state index is 0.0816. The Morgan fingerprint density at radius 1 is 0.500 bits per heavy atom. The van der Waals surface area contributed by atoms with Gasteiger partial charge in [-0.2, -0.15) is 0 Å². The summed E-state index contributed by atoms with van der Waals surface area (Å²) in [5, 5.41) is 13.7. The van der Waals surface area contributed by atoms with E-state index in [2.05, 4.69) is 19.2 Å². The van der Waals surface area contributed by atoms with Crippen LogP contribution < -0.4 is 11.1 Å². The third-order valence-electron chi connectivity index (χ3n) is 13.1. The van der Waals surface area contributed by atoms with E-state index in [9.17, 15) is 19.4 Å². The van der Waals surface area contributed by atoms with Crippen LogP contribution in [0.25, 0.3) is 0 Å². The van der Waals surface area contributed by atoms with E-state index in [1.165, 1.54) is 244 Å². The number of nitrogens with one attached hydrogen (secondary N) is 1. The smallest absolute Gasteiger partial charge is 0.387 e. The van der Waals surface area contributed by atoms with E-state index in [0.717, 1.165) is 38.5 Å². The topological polar surface area (TPSA) is 131 Å². The minimum Gasteiger partial charge on any atom is -0.387 e. The van der Waals surface area contributed by atoms with E-state index >= 15 is 0 Å². The number of rotatable bonds is 54. The number of unbranched alkanes of at least 4 members (excludes halogenated alkanes) is 42. The molecule has 0 saturated carbocycles. The fourth-order valence-corrected chi connectivity index (χ4v) is 9.60. The highest BCUT2D eigenvalue weighted by atomic mass is 31.2. The van der Waals surface area contributed by atoms with Gasteiger partial charge in [-0.25, -0.2) is 4.57 Å². The maximum atomic E-state index is 12.8. The van der Waals surface area contributed by atoms with E-state index in [1.54, 1.807) is 6.08 Å². The van der Waals surface area contributed by atoms with Crippen molar-refractivity contribution in [1.82, 2.24) is 5.32 Å². The molecule has 64 heavy (non-hydrogen) atoms. The van der Waals surface area contributed by atoms with Crippen LogP contribution in [0.15, 0.2) is 12.2 Å². The van der Waals surface area contributed by atoms with Gasteiger partial charge >= 0.3 is 7.82 Å². The zero-order chi connectivity index (χ0) is 46.7. The molecular formula is C55H111N2O6P. The molecular weight excluding hydrogens is 816 g/mol. The molecule has 0 radical (unpaired) electrons. The van der Waals surface area contributed by atoms with Crippen molar-refractivity contribution in [2.75, 3.05) is 19.8 Å². The summed E-state index contributed by atoms with van der Waals surface area (Å²) < 4.78 is 22.2. The second kappa shape index (κ2) is 51.6. The molecule has 1 amide bonds. The molecule has 0 bridgehead atoms. The highest BCUT2D eigenvalue weighted by molar-refractivity contribution is 7.47. The summed E-state index contributed by atoms with van der Waals surface area (Å²) in [5.41, 5.74) is 5.39. The second-order valence-corrected chi connectivity index (χ2v) is 21.0. The standard InChI is InChI=1S/C55H111N2O6P/c1-3-5-7-9-11-13-15-17-18-19-20-21-22-23-24-25-26-27-28-29-30-31-32-33-34-35-37-39-41-43-45-47-49-55(59)57-53(52-63-64(60,61)62-51-50-56)54(58)48-46-44-42-40-38-36-16-14-12-10-8-6-4-2/h46,48,53-54,58H,3-45,47,49-52,56H2,1-2H3,(H,57,59)(H,60,61)/b48-46+/t53-,54+/m0/s1. The van der Waals surface area contributed by atoms with Crippen molar-refractivity contribution < 1.29 is 28.4 Å². The van der Waals surface area contributed by atoms with Gasteiger partial charge in [0.1, 0.15) is 0 Å². The molecule has 0 aromatic heterocycles. The average molecular weight is 927 g/mol. The molecule has 3 atom stereocenters. The lowest BCUT2D eigenvalue weighted by Gasteiger charge is -2.23. The maximum absolute atomic E-state index is 12.8. The van der Waals surface area contributed by atoms with Gasteiger partial charge in [0.15, 0.2) is 0 Å². The van der Waals surface area contributed by atoms with Crippen molar-refractivity contribution >= 4 is 13.7 Å². The Hall–Kier alpha value is -0.760. The number of hydrogen-bond acceptors (Lipinski definition) is 6. The SMILES string of the molecule is CCCCCCCCCCCCC/C=C/[C@@H](O)[C@H](COP(=O)(O)OCCN)NC(=O)CCCCCCCCCCCCCCCCCCCCCCCCCCCCCCCCCC. The van der Waals surface area contributed by atoms with Crippen LogP contribution >= 0.6 is 7.82 Å². The molecule has 382 valence electrons. The Kier molecular flexibility index (Phi) is 51.0. The van der Waals surface area contributed by atoms with Gasteiger partial charge in [0.25, 0.3) is 0 Å². The van der Waals surface area contributed by atoms with Crippen LogP contribution in [-0.2, 0) is 18.4 Å². The van der Waals surface area contributed by atoms with Crippen molar-refractivity contribution in [3.8, 4) is 0 Å². The minimum atomic E-state index is -4.34. The first kappa shape index (κ1) is 63.2. The van der Waals surface area contributed by atoms with Gasteiger partial charge in [-0.15, -0.1) is 0 Å². The number of nitrogens with two attached hydrogens (primary N) is 1. The number of hydrogen-bond donors (Lipinski definition) is 4. The van der Waals surface area contributed by atoms with Crippen molar-refractivity contribution in [3.05, 3.63) is 12.2 Å². The summed E-state index contributed by atoms with van der Waals surface area (Å²) in [6.45, 7) is 4.18. The molecule has 0 aromatic carbocycles.